The summed E-state index contributed by atoms with van der Waals surface area (Å²) >= 11 is 0. The molecule has 1 aromatic rings. The lowest BCUT2D eigenvalue weighted by atomic mass is 10.0. The average molecular weight is 253 g/mol. The van der Waals surface area contributed by atoms with Crippen molar-refractivity contribution in [1.82, 2.24) is 5.32 Å². The highest BCUT2D eigenvalue weighted by Crippen LogP contribution is 2.28. The zero-order chi connectivity index (χ0) is 13.7. The van der Waals surface area contributed by atoms with Crippen molar-refractivity contribution in [2.75, 3.05) is 6.61 Å². The van der Waals surface area contributed by atoms with Crippen LogP contribution < -0.4 is 5.32 Å². The van der Waals surface area contributed by atoms with Gasteiger partial charge < -0.3 is 20.6 Å². The minimum absolute atomic E-state index is 0.00259. The second-order valence-corrected chi connectivity index (χ2v) is 4.66. The Morgan fingerprint density at radius 3 is 2.56 bits per heavy atom. The third kappa shape index (κ3) is 3.63. The number of phenols is 2. The van der Waals surface area contributed by atoms with E-state index in [1.54, 1.807) is 0 Å². The summed E-state index contributed by atoms with van der Waals surface area (Å²) in [7, 11) is 0. The van der Waals surface area contributed by atoms with Crippen LogP contribution >= 0.6 is 0 Å². The Morgan fingerprint density at radius 2 is 2.00 bits per heavy atom. The molecule has 0 saturated heterocycles. The molecular weight excluding hydrogens is 234 g/mol. The molecule has 1 aromatic carbocycles. The van der Waals surface area contributed by atoms with E-state index in [-0.39, 0.29) is 24.0 Å². The van der Waals surface area contributed by atoms with Crippen LogP contribution in [0.25, 0.3) is 0 Å². The SMILES string of the molecule is CC(C)CC(CO)NC(=O)c1cccc(O)c1O. The van der Waals surface area contributed by atoms with E-state index in [9.17, 15) is 15.0 Å². The summed E-state index contributed by atoms with van der Waals surface area (Å²) in [5, 5.41) is 30.7. The maximum Gasteiger partial charge on any atom is 0.255 e. The van der Waals surface area contributed by atoms with Gasteiger partial charge in [0.25, 0.3) is 5.91 Å². The van der Waals surface area contributed by atoms with Crippen LogP contribution in [0.3, 0.4) is 0 Å². The summed E-state index contributed by atoms with van der Waals surface area (Å²) in [6, 6.07) is 3.82. The van der Waals surface area contributed by atoms with Gasteiger partial charge in [-0.2, -0.15) is 0 Å². The molecule has 1 rings (SSSR count). The highest BCUT2D eigenvalue weighted by atomic mass is 16.3. The van der Waals surface area contributed by atoms with Crippen LogP contribution in [0.4, 0.5) is 0 Å². The van der Waals surface area contributed by atoms with Gasteiger partial charge in [-0.1, -0.05) is 19.9 Å². The summed E-state index contributed by atoms with van der Waals surface area (Å²) in [6.07, 6.45) is 0.641. The highest BCUT2D eigenvalue weighted by Gasteiger charge is 2.18. The molecular formula is C13H19NO4. The number of amides is 1. The third-order valence-electron chi connectivity index (χ3n) is 2.57. The van der Waals surface area contributed by atoms with E-state index < -0.39 is 11.7 Å². The minimum atomic E-state index is -0.511. The van der Waals surface area contributed by atoms with Gasteiger partial charge in [0.15, 0.2) is 11.5 Å². The molecule has 0 bridgehead atoms. The first-order chi connectivity index (χ1) is 8.45. The molecule has 0 fully saturated rings. The molecule has 0 heterocycles. The van der Waals surface area contributed by atoms with Gasteiger partial charge in [-0.25, -0.2) is 0 Å². The summed E-state index contributed by atoms with van der Waals surface area (Å²) in [5.74, 6) is -0.966. The Bertz CT molecular complexity index is 417. The van der Waals surface area contributed by atoms with Crippen molar-refractivity contribution in [2.45, 2.75) is 26.3 Å². The first kappa shape index (κ1) is 14.3. The van der Waals surface area contributed by atoms with Crippen LogP contribution in [-0.4, -0.2) is 33.9 Å². The van der Waals surface area contributed by atoms with Gasteiger partial charge in [-0.15, -0.1) is 0 Å². The largest absolute Gasteiger partial charge is 0.504 e. The zero-order valence-electron chi connectivity index (χ0n) is 10.6. The standard InChI is InChI=1S/C13H19NO4/c1-8(2)6-9(7-15)14-13(18)10-4-3-5-11(16)12(10)17/h3-5,8-9,15-17H,6-7H2,1-2H3,(H,14,18). The Hall–Kier alpha value is -1.75. The van der Waals surface area contributed by atoms with Gasteiger partial charge in [-0.3, -0.25) is 4.79 Å². The molecule has 0 aromatic heterocycles. The van der Waals surface area contributed by atoms with E-state index in [1.807, 2.05) is 13.8 Å². The molecule has 0 aliphatic heterocycles. The van der Waals surface area contributed by atoms with Crippen LogP contribution in [0, 0.1) is 5.92 Å². The number of hydrogen-bond donors (Lipinski definition) is 4. The van der Waals surface area contributed by atoms with Gasteiger partial charge in [0.1, 0.15) is 0 Å². The number of nitrogens with one attached hydrogen (secondary N) is 1. The van der Waals surface area contributed by atoms with E-state index in [2.05, 4.69) is 5.32 Å². The molecule has 0 spiro atoms. The van der Waals surface area contributed by atoms with Gasteiger partial charge in [-0.05, 0) is 24.5 Å². The van der Waals surface area contributed by atoms with E-state index in [4.69, 9.17) is 5.11 Å². The first-order valence-electron chi connectivity index (χ1n) is 5.88. The molecule has 0 aliphatic carbocycles. The number of carbonyl (C=O) groups is 1. The summed E-state index contributed by atoms with van der Waals surface area (Å²) < 4.78 is 0. The molecule has 0 saturated carbocycles. The Labute approximate surface area is 106 Å². The van der Waals surface area contributed by atoms with Gasteiger partial charge in [0.2, 0.25) is 0 Å². The molecule has 0 aliphatic rings. The van der Waals surface area contributed by atoms with Crippen LogP contribution in [-0.2, 0) is 0 Å². The van der Waals surface area contributed by atoms with Crippen molar-refractivity contribution < 1.29 is 20.1 Å². The first-order valence-corrected chi connectivity index (χ1v) is 5.88. The van der Waals surface area contributed by atoms with E-state index >= 15 is 0 Å². The number of benzene rings is 1. The molecule has 1 amide bonds. The summed E-state index contributed by atoms with van der Waals surface area (Å²) in [4.78, 5) is 11.9. The summed E-state index contributed by atoms with van der Waals surface area (Å²) in [6.45, 7) is 3.81. The van der Waals surface area contributed by atoms with E-state index in [0.29, 0.717) is 12.3 Å². The van der Waals surface area contributed by atoms with Crippen molar-refractivity contribution in [3.05, 3.63) is 23.8 Å². The number of phenolic OH excluding ortho intramolecular Hbond substituents is 2. The Kier molecular flexibility index (Phi) is 4.97. The van der Waals surface area contributed by atoms with Crippen molar-refractivity contribution in [2.24, 2.45) is 5.92 Å². The fourth-order valence-electron chi connectivity index (χ4n) is 1.73. The normalized spacial score (nSPS) is 12.4. The Morgan fingerprint density at radius 1 is 1.33 bits per heavy atom. The predicted molar refractivity (Wildman–Crippen MR) is 67.6 cm³/mol. The van der Waals surface area contributed by atoms with Crippen LogP contribution in [0.15, 0.2) is 18.2 Å². The van der Waals surface area contributed by atoms with Crippen LogP contribution in [0.5, 0.6) is 11.5 Å². The number of para-hydroxylation sites is 1. The fraction of sp³-hybridized carbons (Fsp3) is 0.462. The maximum absolute atomic E-state index is 11.9. The van der Waals surface area contributed by atoms with E-state index in [1.165, 1.54) is 18.2 Å². The smallest absolute Gasteiger partial charge is 0.255 e. The molecule has 1 atom stereocenters. The van der Waals surface area contributed by atoms with Crippen molar-refractivity contribution in [3.8, 4) is 11.5 Å². The zero-order valence-corrected chi connectivity index (χ0v) is 10.6. The van der Waals surface area contributed by atoms with Gasteiger partial charge in [0, 0.05) is 0 Å². The van der Waals surface area contributed by atoms with Crippen molar-refractivity contribution in [3.63, 3.8) is 0 Å². The van der Waals surface area contributed by atoms with Gasteiger partial charge >= 0.3 is 0 Å². The molecule has 100 valence electrons. The fourth-order valence-corrected chi connectivity index (χ4v) is 1.73. The number of aliphatic hydroxyl groups is 1. The number of hydrogen-bond acceptors (Lipinski definition) is 4. The van der Waals surface area contributed by atoms with Crippen molar-refractivity contribution in [1.29, 1.82) is 0 Å². The lowest BCUT2D eigenvalue weighted by Gasteiger charge is -2.18. The topological polar surface area (TPSA) is 89.8 Å². The second kappa shape index (κ2) is 6.26. The third-order valence-corrected chi connectivity index (χ3v) is 2.57. The number of carbonyl (C=O) groups excluding carboxylic acids is 1. The molecule has 0 radical (unpaired) electrons. The number of aromatic hydroxyl groups is 2. The predicted octanol–water partition coefficient (Wildman–Crippen LogP) is 1.23. The minimum Gasteiger partial charge on any atom is -0.504 e. The lowest BCUT2D eigenvalue weighted by molar-refractivity contribution is 0.0905. The van der Waals surface area contributed by atoms with Crippen molar-refractivity contribution >= 4 is 5.91 Å². The number of aliphatic hydroxyl groups excluding tert-OH is 1. The Balaban J connectivity index is 2.78. The molecule has 5 nitrogen and oxygen atoms in total. The quantitative estimate of drug-likeness (QED) is 0.594. The molecule has 5 heteroatoms. The molecule has 18 heavy (non-hydrogen) atoms. The monoisotopic (exact) mass is 253 g/mol. The van der Waals surface area contributed by atoms with Gasteiger partial charge in [0.05, 0.1) is 18.2 Å². The highest BCUT2D eigenvalue weighted by molar-refractivity contribution is 5.97. The second-order valence-electron chi connectivity index (χ2n) is 4.66. The van der Waals surface area contributed by atoms with E-state index in [0.717, 1.165) is 0 Å². The lowest BCUT2D eigenvalue weighted by Crippen LogP contribution is -2.38. The molecule has 4 N–H and O–H groups in total. The number of rotatable bonds is 5. The average Bonchev–Trinajstić information content (AvgIpc) is 2.31. The molecule has 1 unspecified atom stereocenters. The van der Waals surface area contributed by atoms with Crippen LogP contribution in [0.1, 0.15) is 30.6 Å². The summed E-state index contributed by atoms with van der Waals surface area (Å²) in [5.41, 5.74) is -0.00259. The van der Waals surface area contributed by atoms with Crippen LogP contribution in [0.2, 0.25) is 0 Å². The maximum atomic E-state index is 11.9.